The summed E-state index contributed by atoms with van der Waals surface area (Å²) in [7, 11) is 0. The highest BCUT2D eigenvalue weighted by Gasteiger charge is 2.45. The van der Waals surface area contributed by atoms with Crippen molar-refractivity contribution in [3.63, 3.8) is 0 Å². The minimum atomic E-state index is -1.11. The summed E-state index contributed by atoms with van der Waals surface area (Å²) in [5, 5.41) is 19.7. The van der Waals surface area contributed by atoms with E-state index in [1.807, 2.05) is 82.3 Å². The van der Waals surface area contributed by atoms with Gasteiger partial charge >= 0.3 is 0 Å². The quantitative estimate of drug-likeness (QED) is 0.257. The van der Waals surface area contributed by atoms with Crippen LogP contribution in [0.15, 0.2) is 60.8 Å². The van der Waals surface area contributed by atoms with E-state index in [0.717, 1.165) is 16.7 Å². The molecule has 5 rings (SSSR count). The van der Waals surface area contributed by atoms with E-state index in [9.17, 15) is 24.0 Å². The van der Waals surface area contributed by atoms with Crippen LogP contribution in [-0.4, -0.2) is 99.8 Å². The fourth-order valence-corrected chi connectivity index (χ4v) is 7.09. The maximum Gasteiger partial charge on any atom is 0.248 e. The Hall–Kier alpha value is -5.15. The van der Waals surface area contributed by atoms with Crippen LogP contribution in [0, 0.1) is 17.3 Å². The number of fused-ring (bicyclic) bond motifs is 3. The number of aromatic nitrogens is 3. The number of ether oxygens (including phenoxy) is 1. The molecular weight excluding hydrogens is 702 g/mol. The van der Waals surface area contributed by atoms with Crippen molar-refractivity contribution in [3.8, 4) is 11.1 Å². The predicted octanol–water partition coefficient (Wildman–Crippen LogP) is 1.73. The van der Waals surface area contributed by atoms with Gasteiger partial charge in [-0.1, -0.05) is 101 Å². The normalized spacial score (nSPS) is 25.2. The number of rotatable bonds is 5. The Bertz CT molecular complexity index is 1810. The second kappa shape index (κ2) is 18.0. The van der Waals surface area contributed by atoms with Crippen LogP contribution in [0.25, 0.3) is 11.1 Å². The standard InChI is InChI=1S/C40H55N9O6/c1-24(2)33-38(53)44-31(20-41)35(50)42-16-17-55-23-29-22-49(47-46-29)34(40(4,5)6)39(54)48-21-25(3)18-32(48)37(52)43-30(36(51)45-33)19-26-12-14-28(15-13-26)27-10-8-7-9-11-27/h7-15,22,24-25,30-34H,16-21,23,41H2,1-6H3,(H,42,50)(H,43,52)(H,44,53)(H,45,51)/t25-,30-,31-,32+,33-,34-/m1/s1. The van der Waals surface area contributed by atoms with Crippen LogP contribution in [0.2, 0.25) is 0 Å². The number of hydrogen-bond acceptors (Lipinski definition) is 9. The van der Waals surface area contributed by atoms with Gasteiger partial charge in [-0.3, -0.25) is 24.0 Å². The minimum Gasteiger partial charge on any atom is -0.373 e. The molecule has 0 spiro atoms. The molecule has 0 aliphatic carbocycles. The first kappa shape index (κ1) is 41.0. The lowest BCUT2D eigenvalue weighted by atomic mass is 9.85. The van der Waals surface area contributed by atoms with Crippen molar-refractivity contribution < 1.29 is 28.7 Å². The van der Waals surface area contributed by atoms with Gasteiger partial charge in [-0.2, -0.15) is 0 Å². The van der Waals surface area contributed by atoms with Crippen molar-refractivity contribution in [2.24, 2.45) is 23.0 Å². The molecule has 3 aromatic rings. The third-order valence-electron chi connectivity index (χ3n) is 10.0. The number of benzene rings is 2. The highest BCUT2D eigenvalue weighted by molar-refractivity contribution is 5.96. The maximum absolute atomic E-state index is 14.5. The molecule has 15 nitrogen and oxygen atoms in total. The summed E-state index contributed by atoms with van der Waals surface area (Å²) in [4.78, 5) is 71.3. The lowest BCUT2D eigenvalue weighted by Gasteiger charge is -2.35. The van der Waals surface area contributed by atoms with E-state index in [1.54, 1.807) is 24.9 Å². The maximum atomic E-state index is 14.5. The number of carbonyl (C=O) groups is 5. The van der Waals surface area contributed by atoms with Gasteiger partial charge in [-0.25, -0.2) is 4.68 Å². The second-order valence-electron chi connectivity index (χ2n) is 16.0. The molecule has 2 aromatic carbocycles. The molecule has 55 heavy (non-hydrogen) atoms. The zero-order valence-corrected chi connectivity index (χ0v) is 32.6. The average Bonchev–Trinajstić information content (AvgIpc) is 3.78. The lowest BCUT2D eigenvalue weighted by Crippen LogP contribution is -2.60. The van der Waals surface area contributed by atoms with Crippen LogP contribution in [-0.2, 0) is 41.7 Å². The van der Waals surface area contributed by atoms with Gasteiger partial charge in [0.2, 0.25) is 29.5 Å². The second-order valence-corrected chi connectivity index (χ2v) is 16.0. The molecule has 5 amide bonds. The van der Waals surface area contributed by atoms with Gasteiger partial charge in [0.1, 0.15) is 35.9 Å². The summed E-state index contributed by atoms with van der Waals surface area (Å²) in [6.07, 6.45) is 2.16. The molecular formula is C40H55N9O6. The van der Waals surface area contributed by atoms with Crippen molar-refractivity contribution in [2.75, 3.05) is 26.2 Å². The molecule has 0 unspecified atom stereocenters. The van der Waals surface area contributed by atoms with Gasteiger partial charge in [-0.15, -0.1) is 5.10 Å². The SMILES string of the molecule is CC(C)[C@H]1NC(=O)[C@@H](Cc2ccc(-c3ccccc3)cc2)NC(=O)[C@@H]2C[C@@H](C)CN2C(=O)[C@H](C(C)(C)C)n2cc(nn2)COCCNC(=O)[C@@H](CN)NC1=O. The monoisotopic (exact) mass is 757 g/mol. The topological polar surface area (TPSA) is 203 Å². The molecule has 3 heterocycles. The Labute approximate surface area is 322 Å². The Morgan fingerprint density at radius 1 is 0.873 bits per heavy atom. The van der Waals surface area contributed by atoms with E-state index in [1.165, 1.54) is 4.68 Å². The summed E-state index contributed by atoms with van der Waals surface area (Å²) < 4.78 is 7.24. The zero-order valence-electron chi connectivity index (χ0n) is 32.6. The van der Waals surface area contributed by atoms with Crippen LogP contribution in [0.4, 0.5) is 0 Å². The van der Waals surface area contributed by atoms with Crippen LogP contribution < -0.4 is 27.0 Å². The van der Waals surface area contributed by atoms with Gasteiger partial charge in [0.25, 0.3) is 0 Å². The fourth-order valence-electron chi connectivity index (χ4n) is 7.09. The summed E-state index contributed by atoms with van der Waals surface area (Å²) in [6.45, 7) is 11.8. The molecule has 2 aliphatic rings. The van der Waals surface area contributed by atoms with Crippen LogP contribution in [0.5, 0.6) is 0 Å². The van der Waals surface area contributed by atoms with Crippen molar-refractivity contribution in [1.82, 2.24) is 41.2 Å². The molecule has 6 atom stereocenters. The van der Waals surface area contributed by atoms with Crippen molar-refractivity contribution in [1.29, 1.82) is 0 Å². The van der Waals surface area contributed by atoms with E-state index in [4.69, 9.17) is 10.5 Å². The molecule has 15 heteroatoms. The van der Waals surface area contributed by atoms with Crippen molar-refractivity contribution >= 4 is 29.5 Å². The van der Waals surface area contributed by atoms with Crippen molar-refractivity contribution in [3.05, 3.63) is 72.1 Å². The molecule has 6 N–H and O–H groups in total. The third kappa shape index (κ3) is 10.3. The van der Waals surface area contributed by atoms with Crippen molar-refractivity contribution in [2.45, 2.75) is 91.2 Å². The molecule has 0 saturated carbocycles. The van der Waals surface area contributed by atoms with Crippen LogP contribution >= 0.6 is 0 Å². The number of nitrogens with two attached hydrogens (primary N) is 1. The fraction of sp³-hybridized carbons (Fsp3) is 0.525. The summed E-state index contributed by atoms with van der Waals surface area (Å²) >= 11 is 0. The third-order valence-corrected chi connectivity index (χ3v) is 10.0. The van der Waals surface area contributed by atoms with Gasteiger partial charge in [0.05, 0.1) is 19.4 Å². The first-order valence-electron chi connectivity index (χ1n) is 19.0. The van der Waals surface area contributed by atoms with Crippen LogP contribution in [0.1, 0.15) is 65.3 Å². The molecule has 1 saturated heterocycles. The van der Waals surface area contributed by atoms with E-state index in [2.05, 4.69) is 31.6 Å². The highest BCUT2D eigenvalue weighted by atomic mass is 16.5. The first-order valence-corrected chi connectivity index (χ1v) is 19.0. The number of nitrogens with zero attached hydrogens (tertiary/aromatic N) is 4. The average molecular weight is 758 g/mol. The van der Waals surface area contributed by atoms with E-state index < -0.39 is 59.3 Å². The Morgan fingerprint density at radius 3 is 2.20 bits per heavy atom. The minimum absolute atomic E-state index is 0.00754. The van der Waals surface area contributed by atoms with E-state index in [-0.39, 0.29) is 50.5 Å². The molecule has 296 valence electrons. The van der Waals surface area contributed by atoms with Gasteiger partial charge < -0.3 is 36.6 Å². The Morgan fingerprint density at radius 2 is 1.55 bits per heavy atom. The molecule has 1 fully saturated rings. The van der Waals surface area contributed by atoms with Crippen LogP contribution in [0.3, 0.4) is 0 Å². The smallest absolute Gasteiger partial charge is 0.248 e. The summed E-state index contributed by atoms with van der Waals surface area (Å²) in [5.74, 6) is -2.84. The summed E-state index contributed by atoms with van der Waals surface area (Å²) in [5.41, 5.74) is 8.56. The van der Waals surface area contributed by atoms with E-state index >= 15 is 0 Å². The number of nitrogens with one attached hydrogen (secondary N) is 4. The molecule has 1 aromatic heterocycles. The molecule has 0 radical (unpaired) electrons. The largest absolute Gasteiger partial charge is 0.373 e. The number of hydrogen-bond donors (Lipinski definition) is 5. The van der Waals surface area contributed by atoms with E-state index in [0.29, 0.717) is 18.7 Å². The first-order chi connectivity index (χ1) is 26.2. The lowest BCUT2D eigenvalue weighted by molar-refractivity contribution is -0.144. The molecule has 2 aliphatic heterocycles. The zero-order chi connectivity index (χ0) is 39.9. The predicted molar refractivity (Wildman–Crippen MR) is 206 cm³/mol. The molecule has 2 bridgehead atoms. The van der Waals surface area contributed by atoms with Gasteiger partial charge in [0, 0.05) is 26.1 Å². The number of amides is 5. The Kier molecular flexibility index (Phi) is 13.4. The van der Waals surface area contributed by atoms with Gasteiger partial charge in [-0.05, 0) is 40.4 Å². The Balaban J connectivity index is 1.49. The number of carbonyl (C=O) groups excluding carboxylic acids is 5. The summed E-state index contributed by atoms with van der Waals surface area (Å²) in [6, 6.07) is 12.7. The highest BCUT2D eigenvalue weighted by Crippen LogP contribution is 2.35. The van der Waals surface area contributed by atoms with Gasteiger partial charge in [0.15, 0.2) is 0 Å².